The van der Waals surface area contributed by atoms with Gasteiger partial charge in [0.05, 0.1) is 17.6 Å². The second-order valence-corrected chi connectivity index (χ2v) is 7.47. The predicted octanol–water partition coefficient (Wildman–Crippen LogP) is 3.29. The lowest BCUT2D eigenvalue weighted by molar-refractivity contribution is -0.137. The van der Waals surface area contributed by atoms with Gasteiger partial charge >= 0.3 is 6.18 Å². The van der Waals surface area contributed by atoms with Gasteiger partial charge in [0.2, 0.25) is 5.96 Å². The fourth-order valence-corrected chi connectivity index (χ4v) is 4.44. The average Bonchev–Trinajstić information content (AvgIpc) is 3.32. The molecule has 3 heterocycles. The molecule has 0 N–H and O–H groups in total. The lowest BCUT2D eigenvalue weighted by Crippen LogP contribution is -2.51. The SMILES string of the molecule is CN1C(=O)c2c(nc(-c3ccc(C(F)(F)F)cc3)n2C)N2C1=N[C@@H]1CCC[C@@H]12. The normalized spacial score (nSPS) is 23.6. The Bertz CT molecular complexity index is 1010. The number of fused-ring (bicyclic) bond motifs is 5. The van der Waals surface area contributed by atoms with E-state index < -0.39 is 11.7 Å². The third-order valence-corrected chi connectivity index (χ3v) is 5.85. The molecule has 0 bridgehead atoms. The van der Waals surface area contributed by atoms with Crippen LogP contribution >= 0.6 is 0 Å². The van der Waals surface area contributed by atoms with Crippen molar-refractivity contribution in [2.75, 3.05) is 11.9 Å². The van der Waals surface area contributed by atoms with Crippen LogP contribution in [0.1, 0.15) is 35.3 Å². The fraction of sp³-hybridized carbons (Fsp3) is 0.421. The summed E-state index contributed by atoms with van der Waals surface area (Å²) in [5, 5.41) is 0. The largest absolute Gasteiger partial charge is 0.416 e. The fourth-order valence-electron chi connectivity index (χ4n) is 4.44. The van der Waals surface area contributed by atoms with Gasteiger partial charge in [-0.3, -0.25) is 14.6 Å². The molecule has 2 aromatic rings. The number of hydrogen-bond acceptors (Lipinski definition) is 4. The maximum Gasteiger partial charge on any atom is 0.416 e. The number of aromatic nitrogens is 2. The van der Waals surface area contributed by atoms with Gasteiger partial charge in [0.1, 0.15) is 5.82 Å². The minimum absolute atomic E-state index is 0.160. The Morgan fingerprint density at radius 2 is 1.82 bits per heavy atom. The summed E-state index contributed by atoms with van der Waals surface area (Å²) in [6.45, 7) is 0. The van der Waals surface area contributed by atoms with Gasteiger partial charge < -0.3 is 4.57 Å². The number of nitrogens with zero attached hydrogens (tertiary/aromatic N) is 5. The topological polar surface area (TPSA) is 53.7 Å². The van der Waals surface area contributed by atoms with Crippen molar-refractivity contribution in [3.8, 4) is 11.4 Å². The summed E-state index contributed by atoms with van der Waals surface area (Å²) in [6, 6.07) is 5.19. The maximum atomic E-state index is 12.9. The van der Waals surface area contributed by atoms with E-state index in [1.54, 1.807) is 23.6 Å². The van der Waals surface area contributed by atoms with Crippen molar-refractivity contribution < 1.29 is 18.0 Å². The zero-order valence-corrected chi connectivity index (χ0v) is 15.4. The molecule has 9 heteroatoms. The number of benzene rings is 1. The maximum absolute atomic E-state index is 12.9. The quantitative estimate of drug-likeness (QED) is 0.752. The minimum atomic E-state index is -4.39. The van der Waals surface area contributed by atoms with Crippen LogP contribution < -0.4 is 4.90 Å². The van der Waals surface area contributed by atoms with Crippen molar-refractivity contribution in [1.82, 2.24) is 14.5 Å². The number of halogens is 3. The lowest BCUT2D eigenvalue weighted by Gasteiger charge is -2.34. The number of anilines is 1. The summed E-state index contributed by atoms with van der Waals surface area (Å²) in [6.07, 6.45) is -1.35. The van der Waals surface area contributed by atoms with Gasteiger partial charge in [-0.25, -0.2) is 9.98 Å². The van der Waals surface area contributed by atoms with E-state index in [2.05, 4.69) is 4.98 Å². The number of carbonyl (C=O) groups excluding carboxylic acids is 1. The molecule has 1 saturated carbocycles. The van der Waals surface area contributed by atoms with Crippen LogP contribution in [0.3, 0.4) is 0 Å². The van der Waals surface area contributed by atoms with Gasteiger partial charge in [0.15, 0.2) is 11.5 Å². The first-order valence-electron chi connectivity index (χ1n) is 9.17. The molecular formula is C19H18F3N5O. The molecule has 0 spiro atoms. The van der Waals surface area contributed by atoms with E-state index in [1.807, 2.05) is 4.90 Å². The number of carbonyl (C=O) groups is 1. The highest BCUT2D eigenvalue weighted by molar-refractivity contribution is 6.18. The molecule has 2 atom stereocenters. The van der Waals surface area contributed by atoms with Crippen LogP contribution in [-0.4, -0.2) is 45.4 Å². The highest BCUT2D eigenvalue weighted by atomic mass is 19.4. The van der Waals surface area contributed by atoms with Crippen LogP contribution in [0, 0.1) is 0 Å². The second-order valence-electron chi connectivity index (χ2n) is 7.47. The third kappa shape index (κ3) is 2.25. The number of hydrogen-bond donors (Lipinski definition) is 0. The number of aliphatic imine (C=N–C) groups is 1. The molecule has 3 aliphatic rings. The Kier molecular flexibility index (Phi) is 3.45. The van der Waals surface area contributed by atoms with Crippen LogP contribution in [0.25, 0.3) is 11.4 Å². The van der Waals surface area contributed by atoms with Crippen molar-refractivity contribution in [3.05, 3.63) is 35.5 Å². The van der Waals surface area contributed by atoms with Crippen LogP contribution in [-0.2, 0) is 13.2 Å². The van der Waals surface area contributed by atoms with E-state index >= 15 is 0 Å². The molecule has 1 amide bonds. The van der Waals surface area contributed by atoms with Gasteiger partial charge in [-0.1, -0.05) is 12.1 Å². The third-order valence-electron chi connectivity index (χ3n) is 5.85. The van der Waals surface area contributed by atoms with E-state index in [1.165, 1.54) is 12.1 Å². The van der Waals surface area contributed by atoms with Crippen LogP contribution in [0.5, 0.6) is 0 Å². The average molecular weight is 389 g/mol. The number of imidazole rings is 1. The molecule has 0 saturated heterocycles. The van der Waals surface area contributed by atoms with Crippen molar-refractivity contribution in [1.29, 1.82) is 0 Å². The van der Waals surface area contributed by atoms with Gasteiger partial charge in [-0.2, -0.15) is 13.2 Å². The molecule has 1 fully saturated rings. The van der Waals surface area contributed by atoms with Gasteiger partial charge in [-0.05, 0) is 31.4 Å². The zero-order chi connectivity index (χ0) is 19.8. The van der Waals surface area contributed by atoms with Crippen molar-refractivity contribution >= 4 is 17.7 Å². The Hall–Kier alpha value is -2.84. The van der Waals surface area contributed by atoms with Crippen molar-refractivity contribution in [3.63, 3.8) is 0 Å². The second kappa shape index (κ2) is 5.59. The monoisotopic (exact) mass is 389 g/mol. The van der Waals surface area contributed by atoms with E-state index in [9.17, 15) is 18.0 Å². The van der Waals surface area contributed by atoms with Gasteiger partial charge in [-0.15, -0.1) is 0 Å². The summed E-state index contributed by atoms with van der Waals surface area (Å²) >= 11 is 0. The molecule has 0 unspecified atom stereocenters. The van der Waals surface area contributed by atoms with Gasteiger partial charge in [0, 0.05) is 19.7 Å². The lowest BCUT2D eigenvalue weighted by atomic mass is 10.1. The molecule has 6 nitrogen and oxygen atoms in total. The van der Waals surface area contributed by atoms with E-state index in [-0.39, 0.29) is 18.0 Å². The Morgan fingerprint density at radius 1 is 1.11 bits per heavy atom. The Morgan fingerprint density at radius 3 is 2.50 bits per heavy atom. The molecular weight excluding hydrogens is 371 g/mol. The zero-order valence-electron chi connectivity index (χ0n) is 15.4. The first-order chi connectivity index (χ1) is 13.3. The highest BCUT2D eigenvalue weighted by Crippen LogP contribution is 2.41. The molecule has 5 rings (SSSR count). The highest BCUT2D eigenvalue weighted by Gasteiger charge is 2.48. The van der Waals surface area contributed by atoms with Crippen LogP contribution in [0.2, 0.25) is 0 Å². The first-order valence-corrected chi connectivity index (χ1v) is 9.17. The summed E-state index contributed by atoms with van der Waals surface area (Å²) in [4.78, 5) is 25.9. The molecule has 146 valence electrons. The number of amides is 1. The standard InChI is InChI=1S/C19H18F3N5O/c1-25-14-16(24-15(25)10-6-8-11(9-7-10)19(20,21)22)27-13-5-3-4-12(13)23-18(27)26(2)17(14)28/h6-9,12-13H,3-5H2,1-2H3/t12-,13+/m1/s1. The van der Waals surface area contributed by atoms with Crippen LogP contribution in [0.15, 0.2) is 29.3 Å². The van der Waals surface area contributed by atoms with Crippen molar-refractivity contribution in [2.24, 2.45) is 12.0 Å². The van der Waals surface area contributed by atoms with E-state index in [0.717, 1.165) is 31.4 Å². The molecule has 1 aromatic heterocycles. The minimum Gasteiger partial charge on any atom is -0.321 e. The molecule has 2 aliphatic heterocycles. The summed E-state index contributed by atoms with van der Waals surface area (Å²) in [7, 11) is 3.41. The van der Waals surface area contributed by atoms with Crippen molar-refractivity contribution in [2.45, 2.75) is 37.5 Å². The Balaban J connectivity index is 1.62. The number of rotatable bonds is 1. The summed E-state index contributed by atoms with van der Waals surface area (Å²) < 4.78 is 40.2. The molecule has 0 radical (unpaired) electrons. The predicted molar refractivity (Wildman–Crippen MR) is 97.1 cm³/mol. The van der Waals surface area contributed by atoms with E-state index in [0.29, 0.717) is 28.9 Å². The first kappa shape index (κ1) is 17.3. The van der Waals surface area contributed by atoms with E-state index in [4.69, 9.17) is 4.99 Å². The summed E-state index contributed by atoms with van der Waals surface area (Å²) in [5.41, 5.74) is 0.249. The molecule has 28 heavy (non-hydrogen) atoms. The molecule has 1 aliphatic carbocycles. The summed E-state index contributed by atoms with van der Waals surface area (Å²) in [5.74, 6) is 1.42. The van der Waals surface area contributed by atoms with Crippen LogP contribution in [0.4, 0.5) is 19.0 Å². The van der Waals surface area contributed by atoms with Gasteiger partial charge in [0.25, 0.3) is 5.91 Å². The molecule has 1 aromatic carbocycles. The number of alkyl halides is 3. The smallest absolute Gasteiger partial charge is 0.321 e. The number of guanidine groups is 1. The Labute approximate surface area is 159 Å².